The van der Waals surface area contributed by atoms with Crippen molar-refractivity contribution in [3.8, 4) is 0 Å². The summed E-state index contributed by atoms with van der Waals surface area (Å²) in [7, 11) is 0. The van der Waals surface area contributed by atoms with Gasteiger partial charge >= 0.3 is 0 Å². The van der Waals surface area contributed by atoms with Gasteiger partial charge in [0.2, 0.25) is 0 Å². The third kappa shape index (κ3) is 4.68. The Labute approximate surface area is 165 Å². The minimum Gasteiger partial charge on any atom is -0.364 e. The van der Waals surface area contributed by atoms with Crippen LogP contribution < -0.4 is 5.43 Å². The van der Waals surface area contributed by atoms with Crippen LogP contribution in [0.3, 0.4) is 0 Å². The molecule has 0 aliphatic carbocycles. The smallest absolute Gasteiger partial charge is 0.259 e. The van der Waals surface area contributed by atoms with Crippen LogP contribution in [-0.4, -0.2) is 46.4 Å². The zero-order valence-electron chi connectivity index (χ0n) is 16.7. The van der Waals surface area contributed by atoms with Crippen LogP contribution in [-0.2, 0) is 6.54 Å². The van der Waals surface area contributed by atoms with Gasteiger partial charge in [0, 0.05) is 50.2 Å². The summed E-state index contributed by atoms with van der Waals surface area (Å²) in [6.45, 7) is 8.86. The molecule has 2 aromatic rings. The van der Waals surface area contributed by atoms with E-state index in [4.69, 9.17) is 0 Å². The molecule has 1 unspecified atom stereocenters. The number of aromatic nitrogens is 1. The molecule has 1 aliphatic heterocycles. The molecule has 5 nitrogen and oxygen atoms in total. The van der Waals surface area contributed by atoms with Crippen molar-refractivity contribution < 1.29 is 9.18 Å². The minimum absolute atomic E-state index is 0.168. The SMILES string of the molecule is Cc1cc(=O)c(C(=O)N2CCCN(Cc3ccc(F)cc3)C(C(C)C)C2)c[nH]1. The summed E-state index contributed by atoms with van der Waals surface area (Å²) in [6.07, 6.45) is 2.35. The molecule has 1 saturated heterocycles. The molecular formula is C22H28FN3O2. The van der Waals surface area contributed by atoms with Gasteiger partial charge in [-0.15, -0.1) is 0 Å². The van der Waals surface area contributed by atoms with Gasteiger partial charge in [-0.1, -0.05) is 26.0 Å². The van der Waals surface area contributed by atoms with Crippen molar-refractivity contribution in [1.82, 2.24) is 14.8 Å². The van der Waals surface area contributed by atoms with E-state index in [0.29, 0.717) is 19.0 Å². The highest BCUT2D eigenvalue weighted by molar-refractivity contribution is 5.93. The summed E-state index contributed by atoms with van der Waals surface area (Å²) in [5.74, 6) is -0.110. The summed E-state index contributed by atoms with van der Waals surface area (Å²) in [5, 5.41) is 0. The van der Waals surface area contributed by atoms with E-state index in [1.165, 1.54) is 24.4 Å². The van der Waals surface area contributed by atoms with Gasteiger partial charge in [-0.05, 0) is 37.0 Å². The standard InChI is InChI=1S/C22H28FN3O2/c1-15(2)20-14-26(22(28)19-12-24-16(3)11-21(19)27)10-4-9-25(20)13-17-5-7-18(23)8-6-17/h5-8,11-12,15,20H,4,9-10,13-14H2,1-3H3,(H,24,27). The number of amides is 1. The first-order valence-corrected chi connectivity index (χ1v) is 9.82. The summed E-state index contributed by atoms with van der Waals surface area (Å²) in [6, 6.07) is 8.22. The molecule has 2 heterocycles. The molecule has 150 valence electrons. The third-order valence-corrected chi connectivity index (χ3v) is 5.39. The second kappa shape index (κ2) is 8.69. The Balaban J connectivity index is 1.79. The minimum atomic E-state index is -0.241. The fourth-order valence-electron chi connectivity index (χ4n) is 3.81. The van der Waals surface area contributed by atoms with Gasteiger partial charge < -0.3 is 9.88 Å². The number of hydrogen-bond acceptors (Lipinski definition) is 3. The molecule has 0 bridgehead atoms. The Morgan fingerprint density at radius 1 is 1.25 bits per heavy atom. The van der Waals surface area contributed by atoms with E-state index >= 15 is 0 Å². The molecule has 1 amide bonds. The molecule has 0 saturated carbocycles. The van der Waals surface area contributed by atoms with E-state index in [9.17, 15) is 14.0 Å². The molecule has 6 heteroatoms. The Hall–Kier alpha value is -2.47. The van der Waals surface area contributed by atoms with Gasteiger partial charge in [0.15, 0.2) is 5.43 Å². The number of hydrogen-bond donors (Lipinski definition) is 1. The lowest BCUT2D eigenvalue weighted by atomic mass is 10.0. The van der Waals surface area contributed by atoms with Crippen LogP contribution >= 0.6 is 0 Å². The molecule has 1 aromatic heterocycles. The van der Waals surface area contributed by atoms with E-state index in [1.54, 1.807) is 11.8 Å². The Morgan fingerprint density at radius 2 is 1.96 bits per heavy atom. The normalized spacial score (nSPS) is 18.3. The fourth-order valence-corrected chi connectivity index (χ4v) is 3.81. The number of H-pyrrole nitrogens is 1. The van der Waals surface area contributed by atoms with Crippen molar-refractivity contribution >= 4 is 5.91 Å². The molecule has 28 heavy (non-hydrogen) atoms. The Morgan fingerprint density at radius 3 is 2.61 bits per heavy atom. The van der Waals surface area contributed by atoms with Crippen LogP contribution in [0.5, 0.6) is 0 Å². The Bertz CT molecular complexity index is 876. The highest BCUT2D eigenvalue weighted by atomic mass is 19.1. The predicted molar refractivity (Wildman–Crippen MR) is 108 cm³/mol. The summed E-state index contributed by atoms with van der Waals surface area (Å²) in [4.78, 5) is 32.4. The summed E-state index contributed by atoms with van der Waals surface area (Å²) >= 11 is 0. The average Bonchev–Trinajstić information content (AvgIpc) is 2.86. The molecule has 3 rings (SSSR count). The zero-order chi connectivity index (χ0) is 20.3. The molecule has 0 spiro atoms. The van der Waals surface area contributed by atoms with Gasteiger partial charge in [0.1, 0.15) is 11.4 Å². The van der Waals surface area contributed by atoms with Gasteiger partial charge in [0.05, 0.1) is 0 Å². The monoisotopic (exact) mass is 385 g/mol. The van der Waals surface area contributed by atoms with Crippen molar-refractivity contribution in [3.63, 3.8) is 0 Å². The van der Waals surface area contributed by atoms with Crippen molar-refractivity contribution in [2.24, 2.45) is 5.92 Å². The maximum atomic E-state index is 13.2. The van der Waals surface area contributed by atoms with E-state index in [-0.39, 0.29) is 28.8 Å². The third-order valence-electron chi connectivity index (χ3n) is 5.39. The predicted octanol–water partition coefficient (Wildman–Crippen LogP) is 3.20. The van der Waals surface area contributed by atoms with E-state index in [0.717, 1.165) is 30.8 Å². The quantitative estimate of drug-likeness (QED) is 0.879. The number of nitrogens with one attached hydrogen (secondary N) is 1. The molecule has 1 N–H and O–H groups in total. The van der Waals surface area contributed by atoms with Gasteiger partial charge in [0.25, 0.3) is 5.91 Å². The van der Waals surface area contributed by atoms with Crippen molar-refractivity contribution in [2.75, 3.05) is 19.6 Å². The number of nitrogens with zero attached hydrogens (tertiary/aromatic N) is 2. The average molecular weight is 385 g/mol. The van der Waals surface area contributed by atoms with E-state index < -0.39 is 0 Å². The van der Waals surface area contributed by atoms with Crippen LogP contribution in [0.4, 0.5) is 4.39 Å². The highest BCUT2D eigenvalue weighted by Crippen LogP contribution is 2.21. The maximum Gasteiger partial charge on any atom is 0.259 e. The molecule has 1 aliphatic rings. The largest absolute Gasteiger partial charge is 0.364 e. The number of carbonyl (C=O) groups excluding carboxylic acids is 1. The molecule has 1 atom stereocenters. The van der Waals surface area contributed by atoms with Crippen LogP contribution in [0.25, 0.3) is 0 Å². The summed E-state index contributed by atoms with van der Waals surface area (Å²) in [5.41, 5.74) is 1.75. The topological polar surface area (TPSA) is 56.4 Å². The second-order valence-corrected chi connectivity index (χ2v) is 7.91. The second-order valence-electron chi connectivity index (χ2n) is 7.91. The number of pyridine rings is 1. The summed E-state index contributed by atoms with van der Waals surface area (Å²) < 4.78 is 13.2. The molecule has 0 radical (unpaired) electrons. The lowest BCUT2D eigenvalue weighted by molar-refractivity contribution is 0.0700. The lowest BCUT2D eigenvalue weighted by Gasteiger charge is -2.34. The number of rotatable bonds is 4. The van der Waals surface area contributed by atoms with Crippen molar-refractivity contribution in [1.29, 1.82) is 0 Å². The van der Waals surface area contributed by atoms with E-state index in [1.807, 2.05) is 12.1 Å². The lowest BCUT2D eigenvalue weighted by Crippen LogP contribution is -2.46. The fraction of sp³-hybridized carbons (Fsp3) is 0.455. The number of carbonyl (C=O) groups is 1. The zero-order valence-corrected chi connectivity index (χ0v) is 16.7. The Kier molecular flexibility index (Phi) is 6.29. The van der Waals surface area contributed by atoms with E-state index in [2.05, 4.69) is 23.7 Å². The van der Waals surface area contributed by atoms with Gasteiger partial charge in [-0.25, -0.2) is 4.39 Å². The first-order valence-electron chi connectivity index (χ1n) is 9.82. The van der Waals surface area contributed by atoms with Crippen LogP contribution in [0, 0.1) is 18.7 Å². The molecule has 1 fully saturated rings. The van der Waals surface area contributed by atoms with Crippen molar-refractivity contribution in [3.05, 3.63) is 69.4 Å². The van der Waals surface area contributed by atoms with Crippen molar-refractivity contribution in [2.45, 2.75) is 39.8 Å². The van der Waals surface area contributed by atoms with Gasteiger partial charge in [-0.2, -0.15) is 0 Å². The van der Waals surface area contributed by atoms with Crippen LogP contribution in [0.15, 0.2) is 41.3 Å². The number of aryl methyl sites for hydroxylation is 1. The first kappa shape index (κ1) is 20.3. The molecule has 1 aromatic carbocycles. The molecular weight excluding hydrogens is 357 g/mol. The van der Waals surface area contributed by atoms with Gasteiger partial charge in [-0.3, -0.25) is 14.5 Å². The van der Waals surface area contributed by atoms with Crippen LogP contribution in [0.2, 0.25) is 0 Å². The highest BCUT2D eigenvalue weighted by Gasteiger charge is 2.30. The number of aromatic amines is 1. The first-order chi connectivity index (χ1) is 13.3. The maximum absolute atomic E-state index is 13.2. The number of benzene rings is 1. The van der Waals surface area contributed by atoms with Crippen LogP contribution in [0.1, 0.15) is 41.9 Å². The number of halogens is 1.